The van der Waals surface area contributed by atoms with Crippen LogP contribution in [0.25, 0.3) is 22.3 Å². The van der Waals surface area contributed by atoms with E-state index in [1.54, 1.807) is 17.1 Å². The Hall–Kier alpha value is -4.04. The van der Waals surface area contributed by atoms with Crippen molar-refractivity contribution in [1.29, 1.82) is 0 Å². The Bertz CT molecular complexity index is 1250. The largest absolute Gasteiger partial charge is 0.503 e. The Labute approximate surface area is 170 Å². The summed E-state index contributed by atoms with van der Waals surface area (Å²) in [7, 11) is 0. The second-order valence-electron chi connectivity index (χ2n) is 6.77. The number of benzene rings is 2. The topological polar surface area (TPSA) is 119 Å². The summed E-state index contributed by atoms with van der Waals surface area (Å²) in [6.07, 6.45) is 2.80. The zero-order valence-electron chi connectivity index (χ0n) is 15.7. The van der Waals surface area contributed by atoms with Gasteiger partial charge in [0.25, 0.3) is 5.43 Å². The fourth-order valence-corrected chi connectivity index (χ4v) is 3.25. The van der Waals surface area contributed by atoms with E-state index >= 15 is 0 Å². The van der Waals surface area contributed by atoms with Gasteiger partial charge in [0.2, 0.25) is 5.43 Å². The molecule has 3 aromatic rings. The summed E-state index contributed by atoms with van der Waals surface area (Å²) in [5.74, 6) is -1.53. The standard InChI is InChI=1S/C22H17N3O5/c26-19-18(20(27)21(19)28)17-4-2-1-3-16(17)14-7-5-13(6-8-14)9-24-25-11-15(22(29)30)10-23-12-25/h1-8,10-11,24,26H,9,12H2,(H,29,30). The molecule has 0 radical (unpaired) electrons. The molecule has 0 aliphatic carbocycles. The molecule has 1 aliphatic rings. The number of carboxylic acids is 1. The lowest BCUT2D eigenvalue weighted by molar-refractivity contribution is -0.132. The molecule has 0 saturated carbocycles. The molecule has 3 N–H and O–H groups in total. The van der Waals surface area contributed by atoms with Gasteiger partial charge in [-0.1, -0.05) is 48.5 Å². The zero-order chi connectivity index (χ0) is 21.3. The highest BCUT2D eigenvalue weighted by molar-refractivity contribution is 6.08. The van der Waals surface area contributed by atoms with Gasteiger partial charge >= 0.3 is 5.97 Å². The predicted octanol–water partition coefficient (Wildman–Crippen LogP) is 1.64. The lowest BCUT2D eigenvalue weighted by atomic mass is 9.91. The summed E-state index contributed by atoms with van der Waals surface area (Å²) in [5.41, 5.74) is 4.75. The highest BCUT2D eigenvalue weighted by atomic mass is 16.4. The van der Waals surface area contributed by atoms with Gasteiger partial charge in [0.15, 0.2) is 5.75 Å². The van der Waals surface area contributed by atoms with Crippen LogP contribution in [0, 0.1) is 0 Å². The summed E-state index contributed by atoms with van der Waals surface area (Å²) in [6.45, 7) is 0.771. The predicted molar refractivity (Wildman–Crippen MR) is 112 cm³/mol. The Morgan fingerprint density at radius 2 is 1.73 bits per heavy atom. The van der Waals surface area contributed by atoms with Gasteiger partial charge in [0.05, 0.1) is 11.1 Å². The maximum absolute atomic E-state index is 11.9. The number of carboxylic acid groups (broad SMARTS) is 1. The molecule has 0 saturated heterocycles. The van der Waals surface area contributed by atoms with Gasteiger partial charge in [-0.2, -0.15) is 0 Å². The lowest BCUT2D eigenvalue weighted by Crippen LogP contribution is -2.35. The average Bonchev–Trinajstić information content (AvgIpc) is 2.78. The molecule has 0 aromatic heterocycles. The monoisotopic (exact) mass is 403 g/mol. The van der Waals surface area contributed by atoms with Crippen molar-refractivity contribution in [1.82, 2.24) is 10.4 Å². The highest BCUT2D eigenvalue weighted by Crippen LogP contribution is 2.34. The average molecular weight is 403 g/mol. The first-order valence-corrected chi connectivity index (χ1v) is 9.12. The first-order valence-electron chi connectivity index (χ1n) is 9.12. The van der Waals surface area contributed by atoms with Crippen molar-refractivity contribution in [2.45, 2.75) is 6.54 Å². The zero-order valence-corrected chi connectivity index (χ0v) is 15.7. The van der Waals surface area contributed by atoms with Crippen LogP contribution < -0.4 is 16.3 Å². The third-order valence-electron chi connectivity index (χ3n) is 4.84. The molecule has 8 nitrogen and oxygen atoms in total. The number of hydrogen-bond acceptors (Lipinski definition) is 7. The van der Waals surface area contributed by atoms with Crippen molar-refractivity contribution in [2.75, 3.05) is 6.67 Å². The third kappa shape index (κ3) is 3.51. The number of aliphatic carboxylic acids is 1. The number of hydrogen-bond donors (Lipinski definition) is 3. The smallest absolute Gasteiger partial charge is 0.338 e. The Kier molecular flexibility index (Phi) is 4.99. The normalized spacial score (nSPS) is 13.5. The summed E-state index contributed by atoms with van der Waals surface area (Å²) in [4.78, 5) is 38.3. The molecule has 8 heteroatoms. The van der Waals surface area contributed by atoms with Crippen LogP contribution in [0.4, 0.5) is 0 Å². The number of rotatable bonds is 6. The SMILES string of the molecule is O=C(O)C1=CN(NCc2ccc(-c3ccccc3-c3c(O)c(=O)c3=O)cc2)CN=C1. The highest BCUT2D eigenvalue weighted by Gasteiger charge is 2.23. The minimum atomic E-state index is -1.04. The second kappa shape index (κ2) is 7.76. The third-order valence-corrected chi connectivity index (χ3v) is 4.84. The van der Waals surface area contributed by atoms with E-state index in [1.165, 1.54) is 12.4 Å². The fraction of sp³-hybridized carbons (Fsp3) is 0.0909. The molecule has 150 valence electrons. The summed E-state index contributed by atoms with van der Waals surface area (Å²) in [5, 5.41) is 20.4. The van der Waals surface area contributed by atoms with Gasteiger partial charge < -0.3 is 10.2 Å². The van der Waals surface area contributed by atoms with Crippen molar-refractivity contribution in [3.63, 3.8) is 0 Å². The first kappa shape index (κ1) is 19.3. The first-order chi connectivity index (χ1) is 14.5. The molecule has 4 rings (SSSR count). The van der Waals surface area contributed by atoms with Crippen molar-refractivity contribution in [3.05, 3.63) is 86.3 Å². The molecule has 0 bridgehead atoms. The van der Waals surface area contributed by atoms with Crippen LogP contribution in [0.15, 0.2) is 74.9 Å². The minimum absolute atomic E-state index is 0.0491. The van der Waals surface area contributed by atoms with Gasteiger partial charge in [0.1, 0.15) is 6.67 Å². The van der Waals surface area contributed by atoms with Crippen LogP contribution in [0.2, 0.25) is 0 Å². The van der Waals surface area contributed by atoms with E-state index in [1.807, 2.05) is 36.4 Å². The van der Waals surface area contributed by atoms with Crippen molar-refractivity contribution in [3.8, 4) is 28.0 Å². The van der Waals surface area contributed by atoms with Gasteiger partial charge in [-0.3, -0.25) is 19.6 Å². The molecule has 1 heterocycles. The van der Waals surface area contributed by atoms with Crippen molar-refractivity contribution in [2.24, 2.45) is 4.99 Å². The number of nitrogens with one attached hydrogen (secondary N) is 1. The summed E-state index contributed by atoms with van der Waals surface area (Å²) < 4.78 is 0. The number of nitrogens with zero attached hydrogens (tertiary/aromatic N) is 2. The molecule has 0 amide bonds. The molecule has 1 aliphatic heterocycles. The number of hydrazine groups is 1. The van der Waals surface area contributed by atoms with Crippen LogP contribution in [-0.2, 0) is 11.3 Å². The number of aliphatic imine (C=N–C) groups is 1. The molecule has 0 unspecified atom stereocenters. The number of carbonyl (C=O) groups is 1. The summed E-state index contributed by atoms with van der Waals surface area (Å²) in [6, 6.07) is 14.6. The Morgan fingerprint density at radius 1 is 1.03 bits per heavy atom. The van der Waals surface area contributed by atoms with E-state index in [0.717, 1.165) is 16.7 Å². The van der Waals surface area contributed by atoms with E-state index in [2.05, 4.69) is 10.4 Å². The lowest BCUT2D eigenvalue weighted by Gasteiger charge is -2.22. The Morgan fingerprint density at radius 3 is 2.40 bits per heavy atom. The minimum Gasteiger partial charge on any atom is -0.503 e. The molecule has 0 fully saturated rings. The van der Waals surface area contributed by atoms with Crippen LogP contribution in [0.1, 0.15) is 5.56 Å². The van der Waals surface area contributed by atoms with Crippen LogP contribution >= 0.6 is 0 Å². The van der Waals surface area contributed by atoms with E-state index in [4.69, 9.17) is 5.11 Å². The molecule has 30 heavy (non-hydrogen) atoms. The van der Waals surface area contributed by atoms with Crippen LogP contribution in [-0.4, -0.2) is 34.1 Å². The van der Waals surface area contributed by atoms with Crippen molar-refractivity contribution >= 4 is 12.2 Å². The van der Waals surface area contributed by atoms with Crippen LogP contribution in [0.3, 0.4) is 0 Å². The van der Waals surface area contributed by atoms with Crippen molar-refractivity contribution < 1.29 is 15.0 Å². The molecular formula is C22H17N3O5. The van der Waals surface area contributed by atoms with E-state index in [-0.39, 0.29) is 11.1 Å². The second-order valence-corrected chi connectivity index (χ2v) is 6.77. The molecule has 3 aromatic carbocycles. The van der Waals surface area contributed by atoms with Crippen LogP contribution in [0.5, 0.6) is 5.75 Å². The van der Waals surface area contributed by atoms with E-state index in [9.17, 15) is 19.5 Å². The Balaban J connectivity index is 1.52. The van der Waals surface area contributed by atoms with E-state index < -0.39 is 22.6 Å². The quantitative estimate of drug-likeness (QED) is 0.535. The van der Waals surface area contributed by atoms with Gasteiger partial charge in [-0.05, 0) is 22.3 Å². The summed E-state index contributed by atoms with van der Waals surface area (Å²) >= 11 is 0. The van der Waals surface area contributed by atoms with Gasteiger partial charge in [-0.15, -0.1) is 0 Å². The number of aromatic hydroxyl groups is 1. The molecule has 0 atom stereocenters. The van der Waals surface area contributed by atoms with Gasteiger partial charge in [0, 0.05) is 19.0 Å². The van der Waals surface area contributed by atoms with Gasteiger partial charge in [-0.25, -0.2) is 10.2 Å². The maximum Gasteiger partial charge on any atom is 0.338 e. The van der Waals surface area contributed by atoms with E-state index in [0.29, 0.717) is 18.8 Å². The molecule has 0 spiro atoms. The maximum atomic E-state index is 11.9. The molecular weight excluding hydrogens is 386 g/mol. The fourth-order valence-electron chi connectivity index (χ4n) is 3.25.